The standard InChI is InChI=1S/C20H26ClNO2/c1-13(2)14-5-7-15(8-6-14)17(12-22)9-16-10-18(21)11-19(23-3)20(16)24-4/h5-8,10-11,13,17H,9,12,22H2,1-4H3. The SMILES string of the molecule is COc1cc(Cl)cc(CC(CN)c2ccc(C(C)C)cc2)c1OC. The van der Waals surface area contributed by atoms with Gasteiger partial charge in [-0.05, 0) is 36.1 Å². The van der Waals surface area contributed by atoms with Crippen molar-refractivity contribution in [2.75, 3.05) is 20.8 Å². The van der Waals surface area contributed by atoms with Gasteiger partial charge >= 0.3 is 0 Å². The van der Waals surface area contributed by atoms with Crippen LogP contribution in [-0.2, 0) is 6.42 Å². The molecule has 3 nitrogen and oxygen atoms in total. The second kappa shape index (κ2) is 8.41. The van der Waals surface area contributed by atoms with Crippen LogP contribution in [0.5, 0.6) is 11.5 Å². The van der Waals surface area contributed by atoms with E-state index in [1.807, 2.05) is 6.07 Å². The molecule has 2 aromatic carbocycles. The second-order valence-corrected chi connectivity index (χ2v) is 6.69. The van der Waals surface area contributed by atoms with Crippen LogP contribution in [0.3, 0.4) is 0 Å². The summed E-state index contributed by atoms with van der Waals surface area (Å²) in [5.41, 5.74) is 9.61. The minimum Gasteiger partial charge on any atom is -0.493 e. The van der Waals surface area contributed by atoms with Crippen molar-refractivity contribution in [2.24, 2.45) is 5.73 Å². The zero-order chi connectivity index (χ0) is 17.7. The molecule has 0 radical (unpaired) electrons. The zero-order valence-electron chi connectivity index (χ0n) is 14.8. The number of halogens is 1. The van der Waals surface area contributed by atoms with Gasteiger partial charge < -0.3 is 15.2 Å². The van der Waals surface area contributed by atoms with Crippen molar-refractivity contribution in [3.05, 3.63) is 58.1 Å². The number of ether oxygens (including phenoxy) is 2. The summed E-state index contributed by atoms with van der Waals surface area (Å²) < 4.78 is 10.9. The van der Waals surface area contributed by atoms with E-state index in [0.29, 0.717) is 23.2 Å². The van der Waals surface area contributed by atoms with Crippen molar-refractivity contribution >= 4 is 11.6 Å². The number of rotatable bonds is 7. The highest BCUT2D eigenvalue weighted by molar-refractivity contribution is 6.30. The van der Waals surface area contributed by atoms with Crippen LogP contribution in [0.1, 0.15) is 42.4 Å². The Morgan fingerprint density at radius 1 is 1.00 bits per heavy atom. The lowest BCUT2D eigenvalue weighted by Gasteiger charge is -2.19. The molecule has 1 atom stereocenters. The third-order valence-corrected chi connectivity index (χ3v) is 4.56. The summed E-state index contributed by atoms with van der Waals surface area (Å²) in [6, 6.07) is 12.4. The predicted octanol–water partition coefficient (Wildman–Crippen LogP) is 4.77. The van der Waals surface area contributed by atoms with Crippen molar-refractivity contribution in [1.82, 2.24) is 0 Å². The van der Waals surface area contributed by atoms with Gasteiger partial charge in [0.1, 0.15) is 0 Å². The third-order valence-electron chi connectivity index (χ3n) is 4.35. The van der Waals surface area contributed by atoms with Crippen LogP contribution in [-0.4, -0.2) is 20.8 Å². The van der Waals surface area contributed by atoms with Crippen LogP contribution in [0.15, 0.2) is 36.4 Å². The summed E-state index contributed by atoms with van der Waals surface area (Å²) in [6.07, 6.45) is 0.748. The van der Waals surface area contributed by atoms with Crippen LogP contribution in [0, 0.1) is 0 Å². The first-order chi connectivity index (χ1) is 11.5. The molecule has 0 spiro atoms. The van der Waals surface area contributed by atoms with E-state index < -0.39 is 0 Å². The zero-order valence-corrected chi connectivity index (χ0v) is 15.6. The quantitative estimate of drug-likeness (QED) is 0.784. The lowest BCUT2D eigenvalue weighted by molar-refractivity contribution is 0.351. The van der Waals surface area contributed by atoms with Crippen molar-refractivity contribution in [3.8, 4) is 11.5 Å². The molecule has 0 aromatic heterocycles. The Hall–Kier alpha value is -1.71. The molecule has 0 aliphatic rings. The Bertz CT molecular complexity index is 668. The van der Waals surface area contributed by atoms with Crippen molar-refractivity contribution < 1.29 is 9.47 Å². The van der Waals surface area contributed by atoms with Gasteiger partial charge in [-0.1, -0.05) is 49.7 Å². The fourth-order valence-electron chi connectivity index (χ4n) is 2.91. The Morgan fingerprint density at radius 3 is 2.12 bits per heavy atom. The lowest BCUT2D eigenvalue weighted by Crippen LogP contribution is -2.15. The first kappa shape index (κ1) is 18.6. The number of hydrogen-bond donors (Lipinski definition) is 1. The second-order valence-electron chi connectivity index (χ2n) is 6.26. The third kappa shape index (κ3) is 4.22. The van der Waals surface area contributed by atoms with E-state index in [9.17, 15) is 0 Å². The van der Waals surface area contributed by atoms with Crippen LogP contribution in [0.25, 0.3) is 0 Å². The van der Waals surface area contributed by atoms with E-state index in [0.717, 1.165) is 17.7 Å². The van der Waals surface area contributed by atoms with Gasteiger partial charge in [0.2, 0.25) is 0 Å². The summed E-state index contributed by atoms with van der Waals surface area (Å²) in [5, 5.41) is 0.633. The van der Waals surface area contributed by atoms with E-state index in [-0.39, 0.29) is 5.92 Å². The molecule has 24 heavy (non-hydrogen) atoms. The minimum atomic E-state index is 0.197. The lowest BCUT2D eigenvalue weighted by atomic mass is 9.90. The van der Waals surface area contributed by atoms with Crippen LogP contribution >= 0.6 is 11.6 Å². The van der Waals surface area contributed by atoms with Gasteiger partial charge in [0, 0.05) is 22.6 Å². The monoisotopic (exact) mass is 347 g/mol. The van der Waals surface area contributed by atoms with E-state index in [4.69, 9.17) is 26.8 Å². The molecule has 2 aromatic rings. The number of hydrogen-bond acceptors (Lipinski definition) is 3. The molecule has 0 aliphatic carbocycles. The predicted molar refractivity (Wildman–Crippen MR) is 101 cm³/mol. The van der Waals surface area contributed by atoms with Crippen LogP contribution in [0.2, 0.25) is 5.02 Å². The molecule has 0 bridgehead atoms. The van der Waals surface area contributed by atoms with E-state index >= 15 is 0 Å². The van der Waals surface area contributed by atoms with E-state index in [2.05, 4.69) is 38.1 Å². The van der Waals surface area contributed by atoms with Crippen LogP contribution < -0.4 is 15.2 Å². The van der Waals surface area contributed by atoms with E-state index in [1.54, 1.807) is 20.3 Å². The molecule has 0 aliphatic heterocycles. The maximum absolute atomic E-state index is 6.22. The fourth-order valence-corrected chi connectivity index (χ4v) is 3.14. The molecule has 1 unspecified atom stereocenters. The average Bonchev–Trinajstić information content (AvgIpc) is 2.59. The van der Waals surface area contributed by atoms with Gasteiger partial charge in [-0.2, -0.15) is 0 Å². The number of nitrogens with two attached hydrogens (primary N) is 1. The molecule has 4 heteroatoms. The normalized spacial score (nSPS) is 12.3. The highest BCUT2D eigenvalue weighted by atomic mass is 35.5. The Labute approximate surface area is 149 Å². The average molecular weight is 348 g/mol. The molecule has 0 saturated carbocycles. The number of benzene rings is 2. The van der Waals surface area contributed by atoms with Gasteiger partial charge in [-0.15, -0.1) is 0 Å². The van der Waals surface area contributed by atoms with Crippen LogP contribution in [0.4, 0.5) is 0 Å². The first-order valence-electron chi connectivity index (χ1n) is 8.20. The Kier molecular flexibility index (Phi) is 6.52. The topological polar surface area (TPSA) is 44.5 Å². The van der Waals surface area contributed by atoms with Gasteiger partial charge in [-0.3, -0.25) is 0 Å². The Morgan fingerprint density at radius 2 is 1.62 bits per heavy atom. The van der Waals surface area contributed by atoms with Crippen molar-refractivity contribution in [2.45, 2.75) is 32.1 Å². The number of methoxy groups -OCH3 is 2. The molecule has 0 saturated heterocycles. The van der Waals surface area contributed by atoms with Gasteiger partial charge in [0.15, 0.2) is 11.5 Å². The largest absolute Gasteiger partial charge is 0.493 e. The molecule has 0 heterocycles. The van der Waals surface area contributed by atoms with Gasteiger partial charge in [-0.25, -0.2) is 0 Å². The molecule has 130 valence electrons. The molecule has 0 fully saturated rings. The van der Waals surface area contributed by atoms with Gasteiger partial charge in [0.25, 0.3) is 0 Å². The molecular formula is C20H26ClNO2. The summed E-state index contributed by atoms with van der Waals surface area (Å²) in [7, 11) is 3.26. The Balaban J connectivity index is 2.31. The highest BCUT2D eigenvalue weighted by Gasteiger charge is 2.17. The summed E-state index contributed by atoms with van der Waals surface area (Å²) in [4.78, 5) is 0. The van der Waals surface area contributed by atoms with Gasteiger partial charge in [0.05, 0.1) is 14.2 Å². The maximum Gasteiger partial charge on any atom is 0.164 e. The molecular weight excluding hydrogens is 322 g/mol. The fraction of sp³-hybridized carbons (Fsp3) is 0.400. The summed E-state index contributed by atoms with van der Waals surface area (Å²) in [6.45, 7) is 4.94. The molecule has 2 rings (SSSR count). The highest BCUT2D eigenvalue weighted by Crippen LogP contribution is 2.37. The molecule has 0 amide bonds. The van der Waals surface area contributed by atoms with Crippen molar-refractivity contribution in [1.29, 1.82) is 0 Å². The summed E-state index contributed by atoms with van der Waals surface area (Å²) >= 11 is 6.22. The maximum atomic E-state index is 6.22. The summed E-state index contributed by atoms with van der Waals surface area (Å²) in [5.74, 6) is 2.08. The minimum absolute atomic E-state index is 0.197. The smallest absolute Gasteiger partial charge is 0.164 e. The van der Waals surface area contributed by atoms with Crippen molar-refractivity contribution in [3.63, 3.8) is 0 Å². The molecule has 2 N–H and O–H groups in total. The van der Waals surface area contributed by atoms with E-state index in [1.165, 1.54) is 11.1 Å². The first-order valence-corrected chi connectivity index (χ1v) is 8.58.